The number of amides is 1. The molecule has 22 heavy (non-hydrogen) atoms. The highest BCUT2D eigenvalue weighted by Gasteiger charge is 2.18. The standard InChI is InChI=1S/C19H16ClNO/c1-3-14-4-5-15-6-7-16-11-18(20)8-9-19(16)21(13(2)22)12-17(15)10-14/h3-11H,1,12H2,2H3. The second-order valence-corrected chi connectivity index (χ2v) is 5.74. The molecular weight excluding hydrogens is 294 g/mol. The fourth-order valence-electron chi connectivity index (χ4n) is 2.67. The number of carbonyl (C=O) groups excluding carboxylic acids is 1. The zero-order chi connectivity index (χ0) is 15.7. The predicted molar refractivity (Wildman–Crippen MR) is 93.8 cm³/mol. The zero-order valence-electron chi connectivity index (χ0n) is 12.3. The van der Waals surface area contributed by atoms with E-state index >= 15 is 0 Å². The number of anilines is 1. The van der Waals surface area contributed by atoms with Crippen molar-refractivity contribution in [1.29, 1.82) is 0 Å². The summed E-state index contributed by atoms with van der Waals surface area (Å²) in [6.45, 7) is 5.93. The molecule has 0 spiro atoms. The van der Waals surface area contributed by atoms with Crippen molar-refractivity contribution >= 4 is 41.4 Å². The van der Waals surface area contributed by atoms with Crippen molar-refractivity contribution < 1.29 is 4.79 Å². The maximum atomic E-state index is 12.1. The van der Waals surface area contributed by atoms with E-state index in [0.717, 1.165) is 27.9 Å². The minimum Gasteiger partial charge on any atom is -0.308 e. The number of halogens is 1. The molecule has 110 valence electrons. The second-order valence-electron chi connectivity index (χ2n) is 5.30. The van der Waals surface area contributed by atoms with E-state index < -0.39 is 0 Å². The van der Waals surface area contributed by atoms with Gasteiger partial charge >= 0.3 is 0 Å². The lowest BCUT2D eigenvalue weighted by Crippen LogP contribution is -2.29. The third-order valence-electron chi connectivity index (χ3n) is 3.83. The van der Waals surface area contributed by atoms with Crippen LogP contribution in [0.1, 0.15) is 29.2 Å². The monoisotopic (exact) mass is 309 g/mol. The molecule has 0 bridgehead atoms. The molecule has 0 aliphatic carbocycles. The van der Waals surface area contributed by atoms with E-state index in [1.807, 2.05) is 36.4 Å². The molecule has 3 rings (SSSR count). The highest BCUT2D eigenvalue weighted by atomic mass is 35.5. The van der Waals surface area contributed by atoms with Crippen molar-refractivity contribution in [3.63, 3.8) is 0 Å². The van der Waals surface area contributed by atoms with Crippen LogP contribution in [-0.4, -0.2) is 5.91 Å². The molecule has 0 saturated heterocycles. The number of fused-ring (bicyclic) bond motifs is 2. The van der Waals surface area contributed by atoms with Crippen molar-refractivity contribution in [3.05, 3.63) is 70.3 Å². The van der Waals surface area contributed by atoms with Crippen LogP contribution in [0.2, 0.25) is 5.02 Å². The zero-order valence-corrected chi connectivity index (χ0v) is 13.1. The van der Waals surface area contributed by atoms with E-state index in [2.05, 4.69) is 24.8 Å². The highest BCUT2D eigenvalue weighted by molar-refractivity contribution is 6.30. The molecule has 0 atom stereocenters. The SMILES string of the molecule is C=Cc1ccc2c(c1)CN(C(C)=O)c1ccc(Cl)cc1C=C2. The molecule has 2 aromatic rings. The first-order valence-corrected chi connectivity index (χ1v) is 7.47. The lowest BCUT2D eigenvalue weighted by Gasteiger charge is -2.26. The Balaban J connectivity index is 2.19. The van der Waals surface area contributed by atoms with Crippen LogP contribution in [-0.2, 0) is 11.3 Å². The predicted octanol–water partition coefficient (Wildman–Crippen LogP) is 5.02. The summed E-state index contributed by atoms with van der Waals surface area (Å²) in [6.07, 6.45) is 5.88. The Morgan fingerprint density at radius 2 is 1.95 bits per heavy atom. The highest BCUT2D eigenvalue weighted by Crippen LogP contribution is 2.31. The lowest BCUT2D eigenvalue weighted by molar-refractivity contribution is -0.116. The van der Waals surface area contributed by atoms with Gasteiger partial charge in [0.2, 0.25) is 5.91 Å². The summed E-state index contributed by atoms with van der Waals surface area (Å²) in [4.78, 5) is 13.9. The van der Waals surface area contributed by atoms with Crippen LogP contribution in [0.4, 0.5) is 5.69 Å². The van der Waals surface area contributed by atoms with E-state index in [9.17, 15) is 4.79 Å². The molecule has 1 heterocycles. The molecular formula is C19H16ClNO. The van der Waals surface area contributed by atoms with Gasteiger partial charge in [-0.05, 0) is 46.5 Å². The molecule has 0 aromatic heterocycles. The summed E-state index contributed by atoms with van der Waals surface area (Å²) >= 11 is 6.09. The van der Waals surface area contributed by atoms with Gasteiger partial charge in [-0.15, -0.1) is 0 Å². The third kappa shape index (κ3) is 2.70. The number of benzene rings is 2. The van der Waals surface area contributed by atoms with Crippen LogP contribution in [0.3, 0.4) is 0 Å². The van der Waals surface area contributed by atoms with Crippen LogP contribution in [0.25, 0.3) is 18.2 Å². The quantitative estimate of drug-likeness (QED) is 0.724. The van der Waals surface area contributed by atoms with Gasteiger partial charge in [0.25, 0.3) is 0 Å². The number of hydrogen-bond acceptors (Lipinski definition) is 1. The van der Waals surface area contributed by atoms with Gasteiger partial charge in [-0.1, -0.05) is 48.5 Å². The number of rotatable bonds is 1. The van der Waals surface area contributed by atoms with Gasteiger partial charge in [-0.25, -0.2) is 0 Å². The van der Waals surface area contributed by atoms with E-state index in [4.69, 9.17) is 11.6 Å². The van der Waals surface area contributed by atoms with Gasteiger partial charge < -0.3 is 4.90 Å². The maximum absolute atomic E-state index is 12.1. The molecule has 0 fully saturated rings. The Morgan fingerprint density at radius 3 is 2.68 bits per heavy atom. The van der Waals surface area contributed by atoms with Crippen LogP contribution in [0, 0.1) is 0 Å². The van der Waals surface area contributed by atoms with Crippen molar-refractivity contribution in [2.45, 2.75) is 13.5 Å². The van der Waals surface area contributed by atoms with Gasteiger partial charge in [0, 0.05) is 11.9 Å². The van der Waals surface area contributed by atoms with Gasteiger partial charge in [-0.2, -0.15) is 0 Å². The summed E-state index contributed by atoms with van der Waals surface area (Å²) in [5.41, 5.74) is 5.07. The maximum Gasteiger partial charge on any atom is 0.224 e. The molecule has 0 saturated carbocycles. The van der Waals surface area contributed by atoms with Gasteiger partial charge in [0.1, 0.15) is 0 Å². The minimum absolute atomic E-state index is 0.00817. The van der Waals surface area contributed by atoms with Crippen LogP contribution >= 0.6 is 11.6 Å². The Morgan fingerprint density at radius 1 is 1.18 bits per heavy atom. The van der Waals surface area contributed by atoms with E-state index in [1.165, 1.54) is 0 Å². The molecule has 0 unspecified atom stereocenters. The lowest BCUT2D eigenvalue weighted by atomic mass is 9.99. The molecule has 2 aromatic carbocycles. The smallest absolute Gasteiger partial charge is 0.224 e. The average Bonchev–Trinajstić information content (AvgIpc) is 2.49. The van der Waals surface area contributed by atoms with Crippen molar-refractivity contribution in [2.24, 2.45) is 0 Å². The average molecular weight is 310 g/mol. The normalized spacial score (nSPS) is 12.9. The summed E-state index contributed by atoms with van der Waals surface area (Å²) in [5.74, 6) is 0.00817. The molecule has 1 aliphatic rings. The fraction of sp³-hybridized carbons (Fsp3) is 0.105. The van der Waals surface area contributed by atoms with Crippen molar-refractivity contribution in [1.82, 2.24) is 0 Å². The fourth-order valence-corrected chi connectivity index (χ4v) is 2.85. The van der Waals surface area contributed by atoms with Gasteiger partial charge in [-0.3, -0.25) is 4.79 Å². The van der Waals surface area contributed by atoms with E-state index in [0.29, 0.717) is 11.6 Å². The molecule has 0 N–H and O–H groups in total. The topological polar surface area (TPSA) is 20.3 Å². The van der Waals surface area contributed by atoms with Gasteiger partial charge in [0.05, 0.1) is 12.2 Å². The van der Waals surface area contributed by atoms with E-state index in [-0.39, 0.29) is 5.91 Å². The molecule has 3 heteroatoms. The van der Waals surface area contributed by atoms with Gasteiger partial charge in [0.15, 0.2) is 0 Å². The Kier molecular flexibility index (Phi) is 3.86. The summed E-state index contributed by atoms with van der Waals surface area (Å²) in [7, 11) is 0. The largest absolute Gasteiger partial charge is 0.308 e. The molecule has 2 nitrogen and oxygen atoms in total. The summed E-state index contributed by atoms with van der Waals surface area (Å²) < 4.78 is 0. The van der Waals surface area contributed by atoms with Crippen molar-refractivity contribution in [3.8, 4) is 0 Å². The number of hydrogen-bond donors (Lipinski definition) is 0. The summed E-state index contributed by atoms with van der Waals surface area (Å²) in [5, 5.41) is 0.662. The molecule has 1 aliphatic heterocycles. The Hall–Kier alpha value is -2.32. The molecule has 0 radical (unpaired) electrons. The third-order valence-corrected chi connectivity index (χ3v) is 4.07. The van der Waals surface area contributed by atoms with Crippen LogP contribution in [0.15, 0.2) is 43.0 Å². The van der Waals surface area contributed by atoms with Crippen LogP contribution < -0.4 is 4.90 Å². The van der Waals surface area contributed by atoms with E-state index in [1.54, 1.807) is 11.8 Å². The Labute approximate surface area is 135 Å². The number of nitrogens with zero attached hydrogens (tertiary/aromatic N) is 1. The van der Waals surface area contributed by atoms with Crippen LogP contribution in [0.5, 0.6) is 0 Å². The first kappa shape index (κ1) is 14.6. The van der Waals surface area contributed by atoms with Crippen molar-refractivity contribution in [2.75, 3.05) is 4.90 Å². The summed E-state index contributed by atoms with van der Waals surface area (Å²) in [6, 6.07) is 11.7. The number of carbonyl (C=O) groups is 1. The minimum atomic E-state index is 0.00817. The Bertz CT molecular complexity index is 792. The first-order valence-electron chi connectivity index (χ1n) is 7.09. The molecule has 1 amide bonds. The first-order chi connectivity index (χ1) is 10.6. The second kappa shape index (κ2) is 5.82.